The lowest BCUT2D eigenvalue weighted by Crippen LogP contribution is -2.68. The topological polar surface area (TPSA) is 99.1 Å². The lowest BCUT2D eigenvalue weighted by Gasteiger charge is -2.36. The highest BCUT2D eigenvalue weighted by molar-refractivity contribution is 6.21. The van der Waals surface area contributed by atoms with Gasteiger partial charge in [-0.3, -0.25) is 0 Å². The highest BCUT2D eigenvalue weighted by Gasteiger charge is 2.87. The van der Waals surface area contributed by atoms with Crippen LogP contribution >= 0.6 is 0 Å². The van der Waals surface area contributed by atoms with Gasteiger partial charge in [-0.25, -0.2) is 14.4 Å². The first-order chi connectivity index (χ1) is 21.1. The van der Waals surface area contributed by atoms with E-state index in [1.54, 1.807) is 14.2 Å². The maximum absolute atomic E-state index is 13.6. The Hall–Kier alpha value is -3.52. The molecule has 0 spiro atoms. The van der Waals surface area contributed by atoms with Gasteiger partial charge in [0.05, 0.1) is 0 Å². The summed E-state index contributed by atoms with van der Waals surface area (Å²) in [6.07, 6.45) is -48.8. The molecular weight excluding hydrogens is 817 g/mol. The number of halogens is 27. The van der Waals surface area contributed by atoms with Crippen LogP contribution in [0.5, 0.6) is 0 Å². The second-order valence-electron chi connectivity index (χ2n) is 8.37. The number of rotatable bonds is 12. The molecule has 0 bridgehead atoms. The van der Waals surface area contributed by atoms with E-state index in [0.717, 1.165) is 0 Å². The van der Waals surface area contributed by atoms with Gasteiger partial charge in [0.2, 0.25) is 0 Å². The third-order valence-electron chi connectivity index (χ3n) is 4.90. The Morgan fingerprint density at radius 3 is 0.560 bits per heavy atom. The average Bonchev–Trinajstić information content (AvgIpc) is 2.84. The van der Waals surface area contributed by atoms with Crippen molar-refractivity contribution in [3.63, 3.8) is 0 Å². The number of ether oxygens (including phenoxy) is 3. The van der Waals surface area contributed by atoms with Gasteiger partial charge in [0.1, 0.15) is 0 Å². The van der Waals surface area contributed by atoms with Crippen molar-refractivity contribution in [3.05, 3.63) is 0 Å². The minimum Gasteiger partial charge on any atom is -0.393 e. The van der Waals surface area contributed by atoms with E-state index in [4.69, 9.17) is 0 Å². The number of carbonyl (C=O) groups excluding carboxylic acids is 3. The second-order valence-corrected chi connectivity index (χ2v) is 8.37. The van der Waals surface area contributed by atoms with E-state index in [1.807, 2.05) is 0 Å². The van der Waals surface area contributed by atoms with Gasteiger partial charge in [-0.15, -0.1) is 0 Å². The minimum absolute atomic E-state index is 1.56. The number of alkyl halides is 27. The molecular formula is C16HF27O7. The van der Waals surface area contributed by atoms with Crippen LogP contribution in [-0.4, -0.2) is 101 Å². The summed E-state index contributed by atoms with van der Waals surface area (Å²) in [5.41, 5.74) is -7.44. The average molecular weight is 818 g/mol. The zero-order chi connectivity index (χ0) is 41.4. The van der Waals surface area contributed by atoms with Crippen molar-refractivity contribution in [3.8, 4) is 0 Å². The van der Waals surface area contributed by atoms with Crippen molar-refractivity contribution in [2.45, 2.75) is 78.0 Å². The number of esters is 3. The zero-order valence-electron chi connectivity index (χ0n) is 21.1. The van der Waals surface area contributed by atoms with Crippen molar-refractivity contribution in [1.82, 2.24) is 0 Å². The standard InChI is InChI=1S/C16HF27O7/c17-5(18,11(29,30)31)8(23,24)14(38,39)48-1(44)4(47,2(45)49-15(40,41)9(25,26)6(19,20)12(32,33)34)3(46)50-16(42,43)10(27,28)7(21,22)13(35,36)37/h47H. The first-order valence-corrected chi connectivity index (χ1v) is 10.2. The van der Waals surface area contributed by atoms with Crippen LogP contribution in [0, 0.1) is 0 Å². The SMILES string of the molecule is O=C(OC(F)(F)C(F)(F)C(F)(F)C(F)(F)F)C(O)(C(=O)OC(F)(F)C(F)(F)C(F)(F)C(F)(F)F)C(=O)OC(F)(F)C(F)(F)C(F)(F)C(F)(F)F. The molecule has 296 valence electrons. The summed E-state index contributed by atoms with van der Waals surface area (Å²) in [5, 5.41) is 9.40. The van der Waals surface area contributed by atoms with Crippen LogP contribution in [0.3, 0.4) is 0 Å². The van der Waals surface area contributed by atoms with E-state index in [0.29, 0.717) is 0 Å². The maximum atomic E-state index is 13.6. The predicted molar refractivity (Wildman–Crippen MR) is 85.9 cm³/mol. The number of carbonyl (C=O) groups is 3. The van der Waals surface area contributed by atoms with Gasteiger partial charge < -0.3 is 19.3 Å². The lowest BCUT2D eigenvalue weighted by molar-refractivity contribution is -0.441. The molecule has 0 amide bonds. The smallest absolute Gasteiger partial charge is 0.393 e. The molecule has 7 nitrogen and oxygen atoms in total. The molecule has 0 atom stereocenters. The molecule has 0 saturated carbocycles. The van der Waals surface area contributed by atoms with Gasteiger partial charge in [-0.1, -0.05) is 0 Å². The molecule has 0 saturated heterocycles. The summed E-state index contributed by atoms with van der Waals surface area (Å²) in [6.45, 7) is 0. The van der Waals surface area contributed by atoms with Crippen molar-refractivity contribution in [2.24, 2.45) is 0 Å². The highest BCUT2D eigenvalue weighted by atomic mass is 19.4. The first-order valence-electron chi connectivity index (χ1n) is 10.2. The molecule has 0 heterocycles. The van der Waals surface area contributed by atoms with Gasteiger partial charge in [-0.05, 0) is 0 Å². The fraction of sp³-hybridized carbons (Fsp3) is 0.812. The third-order valence-corrected chi connectivity index (χ3v) is 4.90. The number of aliphatic hydroxyl groups is 1. The zero-order valence-corrected chi connectivity index (χ0v) is 21.1. The van der Waals surface area contributed by atoms with E-state index >= 15 is 0 Å². The summed E-state index contributed by atoms with van der Waals surface area (Å²) < 4.78 is 353. The molecule has 0 radical (unpaired) electrons. The molecule has 34 heteroatoms. The van der Waals surface area contributed by atoms with Gasteiger partial charge in [-0.2, -0.15) is 119 Å². The molecule has 0 aliphatic heterocycles. The second kappa shape index (κ2) is 12.0. The van der Waals surface area contributed by atoms with E-state index in [2.05, 4.69) is 0 Å². The summed E-state index contributed by atoms with van der Waals surface area (Å²) in [5.74, 6) is -66.4. The van der Waals surface area contributed by atoms with Crippen molar-refractivity contribution in [1.29, 1.82) is 0 Å². The first kappa shape index (κ1) is 46.5. The van der Waals surface area contributed by atoms with Crippen molar-refractivity contribution in [2.75, 3.05) is 0 Å². The summed E-state index contributed by atoms with van der Waals surface area (Å²) in [6, 6.07) is 0. The fourth-order valence-corrected chi connectivity index (χ4v) is 2.10. The molecule has 0 unspecified atom stereocenters. The van der Waals surface area contributed by atoms with Crippen molar-refractivity contribution < 1.29 is 152 Å². The number of hydrogen-bond acceptors (Lipinski definition) is 7. The van der Waals surface area contributed by atoms with Crippen LogP contribution < -0.4 is 0 Å². The summed E-state index contributed by atoms with van der Waals surface area (Å²) in [7, 11) is 0. The Balaban J connectivity index is 7.54. The Morgan fingerprint density at radius 1 is 0.300 bits per heavy atom. The molecule has 0 fully saturated rings. The molecule has 0 aromatic carbocycles. The molecule has 0 aliphatic rings. The predicted octanol–water partition coefficient (Wildman–Crippen LogP) is 6.62. The monoisotopic (exact) mass is 818 g/mol. The molecule has 0 aliphatic carbocycles. The Labute approximate surface area is 249 Å². The normalized spacial score (nSPS) is 15.8. The lowest BCUT2D eigenvalue weighted by atomic mass is 10.0. The van der Waals surface area contributed by atoms with Gasteiger partial charge in [0.15, 0.2) is 0 Å². The Kier molecular flexibility index (Phi) is 11.2. The third kappa shape index (κ3) is 6.89. The van der Waals surface area contributed by atoms with Crippen LogP contribution in [-0.2, 0) is 28.6 Å². The van der Waals surface area contributed by atoms with Crippen LogP contribution in [0.15, 0.2) is 0 Å². The van der Waals surface area contributed by atoms with Crippen LogP contribution in [0.25, 0.3) is 0 Å². The quantitative estimate of drug-likeness (QED) is 0.102. The highest BCUT2D eigenvalue weighted by Crippen LogP contribution is 2.56. The Bertz CT molecular complexity index is 1150. The molecule has 0 aromatic heterocycles. The fourth-order valence-electron chi connectivity index (χ4n) is 2.10. The van der Waals surface area contributed by atoms with Gasteiger partial charge >= 0.3 is 95.9 Å². The summed E-state index contributed by atoms with van der Waals surface area (Å²) >= 11 is 0. The molecule has 0 rings (SSSR count). The molecule has 1 N–H and O–H groups in total. The van der Waals surface area contributed by atoms with Gasteiger partial charge in [0.25, 0.3) is 0 Å². The minimum atomic E-state index is -8.49. The van der Waals surface area contributed by atoms with E-state index in [1.165, 1.54) is 0 Å². The van der Waals surface area contributed by atoms with Gasteiger partial charge in [0, 0.05) is 0 Å². The van der Waals surface area contributed by atoms with Crippen LogP contribution in [0.4, 0.5) is 119 Å². The molecule has 0 aromatic rings. The maximum Gasteiger partial charge on any atom is 0.473 e. The van der Waals surface area contributed by atoms with Crippen LogP contribution in [0.1, 0.15) is 0 Å². The molecule has 50 heavy (non-hydrogen) atoms. The number of hydrogen-bond donors (Lipinski definition) is 1. The van der Waals surface area contributed by atoms with E-state index in [9.17, 15) is 138 Å². The summed E-state index contributed by atoms with van der Waals surface area (Å²) in [4.78, 5) is 34.9. The largest absolute Gasteiger partial charge is 0.473 e. The Morgan fingerprint density at radius 2 is 0.440 bits per heavy atom. The van der Waals surface area contributed by atoms with E-state index in [-0.39, 0.29) is 0 Å². The van der Waals surface area contributed by atoms with E-state index < -0.39 is 95.9 Å². The van der Waals surface area contributed by atoms with Crippen molar-refractivity contribution >= 4 is 17.9 Å². The van der Waals surface area contributed by atoms with Crippen LogP contribution in [0.2, 0.25) is 0 Å².